The molecule has 26 heavy (non-hydrogen) atoms. The number of hydrogen-bond acceptors (Lipinski definition) is 4. The molecular formula is C20H24N4O2. The molecule has 0 saturated carbocycles. The van der Waals surface area contributed by atoms with Crippen LogP contribution in [0.25, 0.3) is 0 Å². The molecule has 0 spiro atoms. The minimum Gasteiger partial charge on any atom is -0.344 e. The van der Waals surface area contributed by atoms with Gasteiger partial charge in [-0.3, -0.25) is 19.6 Å². The molecule has 1 atom stereocenters. The van der Waals surface area contributed by atoms with Crippen LogP contribution in [0, 0.1) is 0 Å². The molecule has 1 aromatic heterocycles. The number of likely N-dealkylation sites (tertiary alicyclic amines) is 1. The average Bonchev–Trinajstić information content (AvgIpc) is 3.17. The number of likely N-dealkylation sites (N-methyl/N-ethyl adjacent to an activating group) is 1. The van der Waals surface area contributed by atoms with Crippen molar-refractivity contribution in [1.82, 2.24) is 19.8 Å². The summed E-state index contributed by atoms with van der Waals surface area (Å²) in [5.41, 5.74) is 1.84. The van der Waals surface area contributed by atoms with Crippen LogP contribution in [0.3, 0.4) is 0 Å². The second kappa shape index (κ2) is 8.56. The molecule has 136 valence electrons. The van der Waals surface area contributed by atoms with Crippen LogP contribution in [0.2, 0.25) is 0 Å². The zero-order valence-corrected chi connectivity index (χ0v) is 15.0. The molecule has 3 rings (SSSR count). The lowest BCUT2D eigenvalue weighted by Gasteiger charge is -2.28. The standard InChI is InChI=1S/C20H24N4O2/c1-23(13-9-17-15-21-10-11-22-17)20(26)18-8-5-12-24(18)19(25)14-16-6-3-2-4-7-16/h2-4,6-7,10-11,15,18H,5,8-9,12-14H2,1H3. The summed E-state index contributed by atoms with van der Waals surface area (Å²) < 4.78 is 0. The number of rotatable bonds is 6. The van der Waals surface area contributed by atoms with Crippen LogP contribution in [0.5, 0.6) is 0 Å². The number of aromatic nitrogens is 2. The van der Waals surface area contributed by atoms with Gasteiger partial charge in [0, 0.05) is 45.1 Å². The Kier molecular flexibility index (Phi) is 5.94. The van der Waals surface area contributed by atoms with Gasteiger partial charge in [-0.1, -0.05) is 30.3 Å². The molecule has 0 bridgehead atoms. The van der Waals surface area contributed by atoms with Gasteiger partial charge in [-0.15, -0.1) is 0 Å². The van der Waals surface area contributed by atoms with Crippen LogP contribution in [-0.4, -0.2) is 57.8 Å². The Labute approximate surface area is 153 Å². The fraction of sp³-hybridized carbons (Fsp3) is 0.400. The fourth-order valence-corrected chi connectivity index (χ4v) is 3.30. The summed E-state index contributed by atoms with van der Waals surface area (Å²) in [6, 6.07) is 9.32. The molecule has 2 amide bonds. The average molecular weight is 352 g/mol. The molecule has 1 saturated heterocycles. The zero-order chi connectivity index (χ0) is 18.4. The molecule has 6 nitrogen and oxygen atoms in total. The smallest absolute Gasteiger partial charge is 0.245 e. The van der Waals surface area contributed by atoms with Crippen molar-refractivity contribution in [2.75, 3.05) is 20.1 Å². The van der Waals surface area contributed by atoms with Crippen molar-refractivity contribution < 1.29 is 9.59 Å². The van der Waals surface area contributed by atoms with Crippen LogP contribution in [0.1, 0.15) is 24.1 Å². The lowest BCUT2D eigenvalue weighted by atomic mass is 10.1. The number of carbonyl (C=O) groups is 2. The van der Waals surface area contributed by atoms with Crippen LogP contribution < -0.4 is 0 Å². The summed E-state index contributed by atoms with van der Waals surface area (Å²) in [6.45, 7) is 1.22. The van der Waals surface area contributed by atoms with E-state index in [-0.39, 0.29) is 17.9 Å². The van der Waals surface area contributed by atoms with Crippen molar-refractivity contribution >= 4 is 11.8 Å². The molecule has 6 heteroatoms. The molecule has 1 aromatic carbocycles. The highest BCUT2D eigenvalue weighted by Gasteiger charge is 2.35. The van der Waals surface area contributed by atoms with E-state index in [1.54, 1.807) is 35.4 Å². The molecule has 1 fully saturated rings. The van der Waals surface area contributed by atoms with E-state index in [9.17, 15) is 9.59 Å². The maximum Gasteiger partial charge on any atom is 0.245 e. The predicted octanol–water partition coefficient (Wildman–Crippen LogP) is 1.71. The summed E-state index contributed by atoms with van der Waals surface area (Å²) in [6.07, 6.45) is 7.59. The van der Waals surface area contributed by atoms with Crippen LogP contribution in [0.15, 0.2) is 48.9 Å². The van der Waals surface area contributed by atoms with Gasteiger partial charge in [0.25, 0.3) is 0 Å². The summed E-state index contributed by atoms with van der Waals surface area (Å²) in [5, 5.41) is 0. The van der Waals surface area contributed by atoms with E-state index in [0.29, 0.717) is 25.9 Å². The van der Waals surface area contributed by atoms with Crippen molar-refractivity contribution in [2.45, 2.75) is 31.7 Å². The molecular weight excluding hydrogens is 328 g/mol. The van der Waals surface area contributed by atoms with E-state index in [1.165, 1.54) is 0 Å². The zero-order valence-electron chi connectivity index (χ0n) is 15.0. The molecule has 1 unspecified atom stereocenters. The summed E-state index contributed by atoms with van der Waals surface area (Å²) in [7, 11) is 1.79. The lowest BCUT2D eigenvalue weighted by Crippen LogP contribution is -2.47. The Morgan fingerprint density at radius 1 is 1.23 bits per heavy atom. The first kappa shape index (κ1) is 18.0. The molecule has 1 aliphatic rings. The maximum atomic E-state index is 12.8. The van der Waals surface area contributed by atoms with Gasteiger partial charge in [0.1, 0.15) is 6.04 Å². The van der Waals surface area contributed by atoms with Gasteiger partial charge < -0.3 is 9.80 Å². The van der Waals surface area contributed by atoms with Crippen LogP contribution in [-0.2, 0) is 22.4 Å². The fourth-order valence-electron chi connectivity index (χ4n) is 3.30. The number of benzene rings is 1. The van der Waals surface area contributed by atoms with Crippen molar-refractivity contribution in [2.24, 2.45) is 0 Å². The topological polar surface area (TPSA) is 66.4 Å². The second-order valence-corrected chi connectivity index (χ2v) is 6.61. The Bertz CT molecular complexity index is 736. The normalized spacial score (nSPS) is 16.5. The number of hydrogen-bond donors (Lipinski definition) is 0. The molecule has 2 heterocycles. The third-order valence-electron chi connectivity index (χ3n) is 4.75. The minimum atomic E-state index is -0.349. The Hall–Kier alpha value is -2.76. The van der Waals surface area contributed by atoms with Crippen molar-refractivity contribution in [3.05, 3.63) is 60.2 Å². The third kappa shape index (κ3) is 4.45. The highest BCUT2D eigenvalue weighted by atomic mass is 16.2. The largest absolute Gasteiger partial charge is 0.344 e. The molecule has 1 aliphatic heterocycles. The summed E-state index contributed by atoms with van der Waals surface area (Å²) in [5.74, 6) is 0.0298. The van der Waals surface area contributed by atoms with Crippen molar-refractivity contribution in [3.63, 3.8) is 0 Å². The van der Waals surface area contributed by atoms with E-state index >= 15 is 0 Å². The van der Waals surface area contributed by atoms with Crippen LogP contribution >= 0.6 is 0 Å². The van der Waals surface area contributed by atoms with Gasteiger partial charge in [-0.25, -0.2) is 0 Å². The molecule has 0 N–H and O–H groups in total. The van der Waals surface area contributed by atoms with E-state index < -0.39 is 0 Å². The predicted molar refractivity (Wildman–Crippen MR) is 98.3 cm³/mol. The van der Waals surface area contributed by atoms with Gasteiger partial charge in [-0.05, 0) is 18.4 Å². The highest BCUT2D eigenvalue weighted by Crippen LogP contribution is 2.20. The second-order valence-electron chi connectivity index (χ2n) is 6.61. The lowest BCUT2D eigenvalue weighted by molar-refractivity contribution is -0.142. The third-order valence-corrected chi connectivity index (χ3v) is 4.75. The van der Waals surface area contributed by atoms with Crippen molar-refractivity contribution in [3.8, 4) is 0 Å². The van der Waals surface area contributed by atoms with E-state index in [1.807, 2.05) is 30.3 Å². The van der Waals surface area contributed by atoms with Gasteiger partial charge in [0.2, 0.25) is 11.8 Å². The first-order valence-electron chi connectivity index (χ1n) is 8.98. The Morgan fingerprint density at radius 2 is 2.04 bits per heavy atom. The first-order chi connectivity index (χ1) is 12.6. The van der Waals surface area contributed by atoms with Gasteiger partial charge in [0.15, 0.2) is 0 Å². The summed E-state index contributed by atoms with van der Waals surface area (Å²) in [4.78, 5) is 37.2. The first-order valence-corrected chi connectivity index (χ1v) is 8.98. The molecule has 0 aliphatic carbocycles. The van der Waals surface area contributed by atoms with Gasteiger partial charge in [-0.2, -0.15) is 0 Å². The van der Waals surface area contributed by atoms with E-state index in [0.717, 1.165) is 24.1 Å². The number of nitrogens with zero attached hydrogens (tertiary/aromatic N) is 4. The van der Waals surface area contributed by atoms with Gasteiger partial charge >= 0.3 is 0 Å². The van der Waals surface area contributed by atoms with Gasteiger partial charge in [0.05, 0.1) is 12.1 Å². The number of carbonyl (C=O) groups excluding carboxylic acids is 2. The van der Waals surface area contributed by atoms with Crippen molar-refractivity contribution in [1.29, 1.82) is 0 Å². The van der Waals surface area contributed by atoms with Crippen LogP contribution in [0.4, 0.5) is 0 Å². The maximum absolute atomic E-state index is 12.8. The monoisotopic (exact) mass is 352 g/mol. The van der Waals surface area contributed by atoms with E-state index in [4.69, 9.17) is 0 Å². The Morgan fingerprint density at radius 3 is 2.77 bits per heavy atom. The minimum absolute atomic E-state index is 0.00722. The molecule has 2 aromatic rings. The highest BCUT2D eigenvalue weighted by molar-refractivity contribution is 5.89. The molecule has 0 radical (unpaired) electrons. The summed E-state index contributed by atoms with van der Waals surface area (Å²) >= 11 is 0. The van der Waals surface area contributed by atoms with E-state index in [2.05, 4.69) is 9.97 Å². The quantitative estimate of drug-likeness (QED) is 0.794. The SMILES string of the molecule is CN(CCc1cnccn1)C(=O)C1CCCN1C(=O)Cc1ccccc1. The Balaban J connectivity index is 1.57. The number of amides is 2.